The maximum atomic E-state index is 11.1. The number of nitrogens with zero attached hydrogens (tertiary/aromatic N) is 1. The molecule has 1 aromatic rings. The first kappa shape index (κ1) is 14.8. The van der Waals surface area contributed by atoms with Crippen LogP contribution in [-0.2, 0) is 6.42 Å². The molecule has 5 nitrogen and oxygen atoms in total. The van der Waals surface area contributed by atoms with E-state index < -0.39 is 4.92 Å². The second kappa shape index (κ2) is 6.58. The number of nitro benzene ring substituents is 1. The zero-order valence-electron chi connectivity index (χ0n) is 10.6. The predicted octanol–water partition coefficient (Wildman–Crippen LogP) is 3.33. The van der Waals surface area contributed by atoms with Gasteiger partial charge in [0, 0.05) is 10.4 Å². The summed E-state index contributed by atoms with van der Waals surface area (Å²) in [6.45, 7) is 2.02. The third-order valence-corrected chi connectivity index (χ3v) is 3.64. The molecule has 18 heavy (non-hydrogen) atoms. The molecule has 1 rings (SSSR count). The topological polar surface area (TPSA) is 61.6 Å². The molecule has 100 valence electrons. The van der Waals surface area contributed by atoms with Gasteiger partial charge in [0.25, 0.3) is 5.69 Å². The van der Waals surface area contributed by atoms with E-state index in [2.05, 4.69) is 15.9 Å². The maximum absolute atomic E-state index is 11.1. The van der Waals surface area contributed by atoms with Crippen LogP contribution in [0.5, 0.6) is 11.5 Å². The summed E-state index contributed by atoms with van der Waals surface area (Å²) in [6.07, 6.45) is 1.47. The van der Waals surface area contributed by atoms with Crippen LogP contribution >= 0.6 is 15.9 Å². The van der Waals surface area contributed by atoms with E-state index in [9.17, 15) is 10.1 Å². The van der Waals surface area contributed by atoms with Crippen molar-refractivity contribution in [2.24, 2.45) is 0 Å². The number of hydrogen-bond donors (Lipinski definition) is 0. The van der Waals surface area contributed by atoms with E-state index in [1.807, 2.05) is 6.92 Å². The highest BCUT2D eigenvalue weighted by Gasteiger charge is 2.20. The van der Waals surface area contributed by atoms with E-state index in [4.69, 9.17) is 9.47 Å². The zero-order chi connectivity index (χ0) is 13.7. The van der Waals surface area contributed by atoms with Crippen LogP contribution in [0, 0.1) is 10.1 Å². The molecular weight excluding hydrogens is 302 g/mol. The summed E-state index contributed by atoms with van der Waals surface area (Å²) in [5.74, 6) is 0.879. The van der Waals surface area contributed by atoms with E-state index in [1.54, 1.807) is 6.07 Å². The van der Waals surface area contributed by atoms with Crippen molar-refractivity contribution < 1.29 is 14.4 Å². The molecule has 0 aliphatic carbocycles. The first-order valence-corrected chi connectivity index (χ1v) is 6.48. The third kappa shape index (κ3) is 3.35. The van der Waals surface area contributed by atoms with E-state index in [0.717, 1.165) is 6.42 Å². The minimum Gasteiger partial charge on any atom is -0.493 e. The summed E-state index contributed by atoms with van der Waals surface area (Å²) < 4.78 is 10.2. The standard InChI is InChI=1S/C12H16BrNO4/c1-4-9(13)5-8-6-11(17-2)12(18-3)7-10(8)14(15)16/h6-7,9H,4-5H2,1-3H3. The monoisotopic (exact) mass is 317 g/mol. The van der Waals surface area contributed by atoms with Gasteiger partial charge in [0.15, 0.2) is 11.5 Å². The average molecular weight is 318 g/mol. The number of halogens is 1. The third-order valence-electron chi connectivity index (χ3n) is 2.67. The van der Waals surface area contributed by atoms with Crippen LogP contribution < -0.4 is 9.47 Å². The highest BCUT2D eigenvalue weighted by Crippen LogP contribution is 2.35. The van der Waals surface area contributed by atoms with Gasteiger partial charge in [0.2, 0.25) is 0 Å². The fourth-order valence-electron chi connectivity index (χ4n) is 1.63. The lowest BCUT2D eigenvalue weighted by molar-refractivity contribution is -0.385. The highest BCUT2D eigenvalue weighted by atomic mass is 79.9. The lowest BCUT2D eigenvalue weighted by Gasteiger charge is -2.12. The van der Waals surface area contributed by atoms with E-state index >= 15 is 0 Å². The first-order valence-electron chi connectivity index (χ1n) is 5.56. The Morgan fingerprint density at radius 1 is 1.33 bits per heavy atom. The average Bonchev–Trinajstić information content (AvgIpc) is 2.37. The molecule has 0 saturated heterocycles. The molecule has 0 heterocycles. The molecule has 0 radical (unpaired) electrons. The molecule has 0 bridgehead atoms. The summed E-state index contributed by atoms with van der Waals surface area (Å²) in [4.78, 5) is 10.9. The van der Waals surface area contributed by atoms with Gasteiger partial charge >= 0.3 is 0 Å². The van der Waals surface area contributed by atoms with E-state index in [0.29, 0.717) is 23.5 Å². The normalized spacial score (nSPS) is 12.0. The minimum absolute atomic E-state index is 0.0607. The van der Waals surface area contributed by atoms with Crippen LogP contribution in [0.4, 0.5) is 5.69 Å². The Bertz CT molecular complexity index is 436. The fraction of sp³-hybridized carbons (Fsp3) is 0.500. The van der Waals surface area contributed by atoms with Gasteiger partial charge in [-0.3, -0.25) is 10.1 Å². The van der Waals surface area contributed by atoms with Gasteiger partial charge in [0.1, 0.15) is 0 Å². The van der Waals surface area contributed by atoms with Crippen LogP contribution in [0.3, 0.4) is 0 Å². The number of methoxy groups -OCH3 is 2. The van der Waals surface area contributed by atoms with Crippen LogP contribution in [0.15, 0.2) is 12.1 Å². The number of hydrogen-bond acceptors (Lipinski definition) is 4. The van der Waals surface area contributed by atoms with Gasteiger partial charge < -0.3 is 9.47 Å². The summed E-state index contributed by atoms with van der Waals surface area (Å²) in [7, 11) is 2.97. The molecule has 0 aromatic heterocycles. The van der Waals surface area contributed by atoms with E-state index in [1.165, 1.54) is 20.3 Å². The predicted molar refractivity (Wildman–Crippen MR) is 72.9 cm³/mol. The lowest BCUT2D eigenvalue weighted by atomic mass is 10.1. The van der Waals surface area contributed by atoms with Crippen LogP contribution in [0.1, 0.15) is 18.9 Å². The van der Waals surface area contributed by atoms with Crippen LogP contribution in [0.25, 0.3) is 0 Å². The Balaban J connectivity index is 3.24. The zero-order valence-corrected chi connectivity index (χ0v) is 12.2. The van der Waals surface area contributed by atoms with E-state index in [-0.39, 0.29) is 10.5 Å². The maximum Gasteiger partial charge on any atom is 0.276 e. The smallest absolute Gasteiger partial charge is 0.276 e. The summed E-state index contributed by atoms with van der Waals surface area (Å²) in [5, 5.41) is 11.1. The number of benzene rings is 1. The lowest BCUT2D eigenvalue weighted by Crippen LogP contribution is -2.05. The molecule has 0 aliphatic heterocycles. The largest absolute Gasteiger partial charge is 0.493 e. The number of rotatable bonds is 6. The highest BCUT2D eigenvalue weighted by molar-refractivity contribution is 9.09. The summed E-state index contributed by atoms with van der Waals surface area (Å²) in [6, 6.07) is 3.07. The molecule has 0 saturated carbocycles. The molecule has 1 atom stereocenters. The second-order valence-corrected chi connectivity index (χ2v) is 5.10. The molecular formula is C12H16BrNO4. The Morgan fingerprint density at radius 3 is 2.33 bits per heavy atom. The van der Waals surface area contributed by atoms with Crippen molar-refractivity contribution in [3.8, 4) is 11.5 Å². The minimum atomic E-state index is -0.396. The second-order valence-electron chi connectivity index (χ2n) is 3.80. The number of ether oxygens (including phenoxy) is 2. The Kier molecular flexibility index (Phi) is 5.40. The fourth-order valence-corrected chi connectivity index (χ4v) is 1.98. The molecule has 0 spiro atoms. The van der Waals surface area contributed by atoms with Crippen molar-refractivity contribution in [2.45, 2.75) is 24.6 Å². The molecule has 0 N–H and O–H groups in total. The number of alkyl halides is 1. The van der Waals surface area contributed by atoms with Crippen molar-refractivity contribution in [3.05, 3.63) is 27.8 Å². The number of nitro groups is 1. The van der Waals surface area contributed by atoms with Gasteiger partial charge in [0.05, 0.1) is 25.2 Å². The van der Waals surface area contributed by atoms with Crippen LogP contribution in [0.2, 0.25) is 0 Å². The van der Waals surface area contributed by atoms with Crippen LogP contribution in [-0.4, -0.2) is 24.0 Å². The molecule has 0 amide bonds. The Hall–Kier alpha value is -1.30. The van der Waals surface area contributed by atoms with Gasteiger partial charge in [-0.1, -0.05) is 22.9 Å². The summed E-state index contributed by atoms with van der Waals surface area (Å²) >= 11 is 3.48. The molecule has 0 fully saturated rings. The Labute approximate surface area is 114 Å². The molecule has 0 aliphatic rings. The SMILES string of the molecule is CCC(Br)Cc1cc(OC)c(OC)cc1[N+](=O)[O-]. The van der Waals surface area contributed by atoms with Gasteiger partial charge in [-0.15, -0.1) is 0 Å². The first-order chi connectivity index (χ1) is 8.53. The van der Waals surface area contributed by atoms with Gasteiger partial charge in [-0.05, 0) is 18.9 Å². The summed E-state index contributed by atoms with van der Waals surface area (Å²) in [5.41, 5.74) is 0.701. The van der Waals surface area contributed by atoms with Crippen molar-refractivity contribution in [1.82, 2.24) is 0 Å². The van der Waals surface area contributed by atoms with Gasteiger partial charge in [-0.25, -0.2) is 0 Å². The van der Waals surface area contributed by atoms with Crippen molar-refractivity contribution in [1.29, 1.82) is 0 Å². The van der Waals surface area contributed by atoms with Crippen molar-refractivity contribution >= 4 is 21.6 Å². The van der Waals surface area contributed by atoms with Gasteiger partial charge in [-0.2, -0.15) is 0 Å². The Morgan fingerprint density at radius 2 is 1.89 bits per heavy atom. The van der Waals surface area contributed by atoms with Crippen molar-refractivity contribution in [2.75, 3.05) is 14.2 Å². The van der Waals surface area contributed by atoms with Crippen molar-refractivity contribution in [3.63, 3.8) is 0 Å². The quantitative estimate of drug-likeness (QED) is 0.458. The molecule has 1 aromatic carbocycles. The molecule has 1 unspecified atom stereocenters. The molecule has 6 heteroatoms.